The van der Waals surface area contributed by atoms with Crippen LogP contribution in [0.2, 0.25) is 0 Å². The molecule has 0 saturated heterocycles. The molecule has 26 heavy (non-hydrogen) atoms. The quantitative estimate of drug-likeness (QED) is 0.763. The van der Waals surface area contributed by atoms with E-state index in [0.717, 1.165) is 36.1 Å². The first kappa shape index (κ1) is 16.5. The number of rotatable bonds is 5. The molecule has 1 aliphatic carbocycles. The summed E-state index contributed by atoms with van der Waals surface area (Å²) in [6.45, 7) is 0.405. The van der Waals surface area contributed by atoms with Crippen LogP contribution in [0.4, 0.5) is 4.39 Å². The molecule has 0 bridgehead atoms. The van der Waals surface area contributed by atoms with Gasteiger partial charge in [-0.2, -0.15) is 5.10 Å². The van der Waals surface area contributed by atoms with E-state index >= 15 is 0 Å². The third-order valence-electron chi connectivity index (χ3n) is 5.13. The van der Waals surface area contributed by atoms with Crippen LogP contribution in [-0.4, -0.2) is 15.7 Å². The van der Waals surface area contributed by atoms with Gasteiger partial charge in [0.1, 0.15) is 5.82 Å². The Morgan fingerprint density at radius 2 is 1.96 bits per heavy atom. The molecule has 5 heteroatoms. The maximum atomic E-state index is 13.6. The first-order valence-corrected chi connectivity index (χ1v) is 8.81. The molecule has 1 fully saturated rings. The fourth-order valence-electron chi connectivity index (χ4n) is 3.49. The molecule has 1 N–H and O–H groups in total. The van der Waals surface area contributed by atoms with Crippen LogP contribution in [0.15, 0.2) is 67.0 Å². The van der Waals surface area contributed by atoms with Crippen LogP contribution in [0.3, 0.4) is 0 Å². The van der Waals surface area contributed by atoms with Crippen molar-refractivity contribution in [2.75, 3.05) is 0 Å². The fourth-order valence-corrected chi connectivity index (χ4v) is 3.49. The zero-order valence-corrected chi connectivity index (χ0v) is 14.4. The van der Waals surface area contributed by atoms with E-state index in [2.05, 4.69) is 10.4 Å². The number of amides is 1. The summed E-state index contributed by atoms with van der Waals surface area (Å²) in [5.41, 5.74) is 2.06. The van der Waals surface area contributed by atoms with Crippen molar-refractivity contribution in [1.29, 1.82) is 0 Å². The number of hydrogen-bond acceptors (Lipinski definition) is 2. The Labute approximate surface area is 151 Å². The van der Waals surface area contributed by atoms with Gasteiger partial charge in [0.05, 0.1) is 17.3 Å². The van der Waals surface area contributed by atoms with Gasteiger partial charge in [0.2, 0.25) is 5.91 Å². The zero-order valence-electron chi connectivity index (χ0n) is 14.4. The molecule has 132 valence electrons. The molecule has 1 amide bonds. The summed E-state index contributed by atoms with van der Waals surface area (Å²) in [7, 11) is 0. The lowest BCUT2D eigenvalue weighted by molar-refractivity contribution is -0.130. The second-order valence-electron chi connectivity index (χ2n) is 6.76. The molecule has 0 aliphatic heterocycles. The molecule has 4 nitrogen and oxygen atoms in total. The Morgan fingerprint density at radius 1 is 1.15 bits per heavy atom. The molecule has 2 aromatic carbocycles. The molecule has 0 spiro atoms. The molecule has 0 radical (unpaired) electrons. The molecule has 0 atom stereocenters. The summed E-state index contributed by atoms with van der Waals surface area (Å²) >= 11 is 0. The van der Waals surface area contributed by atoms with Gasteiger partial charge < -0.3 is 5.32 Å². The van der Waals surface area contributed by atoms with E-state index in [1.807, 2.05) is 42.6 Å². The van der Waals surface area contributed by atoms with Crippen molar-refractivity contribution in [3.63, 3.8) is 0 Å². The van der Waals surface area contributed by atoms with E-state index in [0.29, 0.717) is 6.54 Å². The summed E-state index contributed by atoms with van der Waals surface area (Å²) in [5.74, 6) is -0.340. The second-order valence-corrected chi connectivity index (χ2v) is 6.76. The number of para-hydroxylation sites is 1. The van der Waals surface area contributed by atoms with E-state index in [4.69, 9.17) is 0 Å². The van der Waals surface area contributed by atoms with Crippen molar-refractivity contribution in [3.05, 3.63) is 83.9 Å². The highest BCUT2D eigenvalue weighted by molar-refractivity contribution is 5.89. The topological polar surface area (TPSA) is 46.9 Å². The van der Waals surface area contributed by atoms with Crippen molar-refractivity contribution in [1.82, 2.24) is 15.1 Å². The van der Waals surface area contributed by atoms with Gasteiger partial charge in [0.15, 0.2) is 0 Å². The van der Waals surface area contributed by atoms with Gasteiger partial charge in [-0.25, -0.2) is 9.07 Å². The number of benzene rings is 2. The van der Waals surface area contributed by atoms with Crippen molar-refractivity contribution >= 4 is 5.91 Å². The van der Waals surface area contributed by atoms with Crippen LogP contribution >= 0.6 is 0 Å². The molecule has 3 aromatic rings. The highest BCUT2D eigenvalue weighted by atomic mass is 19.1. The van der Waals surface area contributed by atoms with E-state index in [1.165, 1.54) is 12.1 Å². The summed E-state index contributed by atoms with van der Waals surface area (Å²) in [5, 5.41) is 7.36. The molecule has 1 heterocycles. The Kier molecular flexibility index (Phi) is 4.29. The van der Waals surface area contributed by atoms with Gasteiger partial charge in [-0.3, -0.25) is 4.79 Å². The first-order valence-electron chi connectivity index (χ1n) is 8.81. The summed E-state index contributed by atoms with van der Waals surface area (Å²) in [6.07, 6.45) is 6.15. The fraction of sp³-hybridized carbons (Fsp3) is 0.238. The highest BCUT2D eigenvalue weighted by Gasteiger charge is 2.45. The lowest BCUT2D eigenvalue weighted by Crippen LogP contribution is -2.49. The largest absolute Gasteiger partial charge is 0.351 e. The molecule has 1 aliphatic rings. The second kappa shape index (κ2) is 6.75. The molecular weight excluding hydrogens is 329 g/mol. The monoisotopic (exact) mass is 349 g/mol. The van der Waals surface area contributed by atoms with Crippen LogP contribution in [-0.2, 0) is 16.8 Å². The lowest BCUT2D eigenvalue weighted by Gasteiger charge is -2.40. The van der Waals surface area contributed by atoms with E-state index < -0.39 is 5.41 Å². The minimum atomic E-state index is -0.600. The molecule has 0 unspecified atom stereocenters. The predicted molar refractivity (Wildman–Crippen MR) is 97.3 cm³/mol. The van der Waals surface area contributed by atoms with E-state index in [1.54, 1.807) is 16.9 Å². The van der Waals surface area contributed by atoms with Crippen LogP contribution < -0.4 is 5.32 Å². The maximum Gasteiger partial charge on any atom is 0.230 e. The number of carbonyl (C=O) groups excluding carboxylic acids is 1. The average Bonchev–Trinajstić information content (AvgIpc) is 3.09. The number of aromatic nitrogens is 2. The Morgan fingerprint density at radius 3 is 2.65 bits per heavy atom. The predicted octanol–water partition coefficient (Wildman–Crippen LogP) is 3.75. The number of carbonyl (C=O) groups is 1. The summed E-state index contributed by atoms with van der Waals surface area (Å²) < 4.78 is 15.4. The third-order valence-corrected chi connectivity index (χ3v) is 5.13. The van der Waals surface area contributed by atoms with Crippen LogP contribution in [0.25, 0.3) is 5.69 Å². The SMILES string of the molecule is O=C(NCc1cnn(-c2ccccc2)c1)C1(c2cccc(F)c2)CCC1. The van der Waals surface area contributed by atoms with Crippen LogP contribution in [0.5, 0.6) is 0 Å². The number of nitrogens with one attached hydrogen (secondary N) is 1. The minimum absolute atomic E-state index is 0.0400. The zero-order chi connectivity index (χ0) is 18.0. The van der Waals surface area contributed by atoms with Gasteiger partial charge in [-0.05, 0) is 42.7 Å². The summed E-state index contributed by atoms with van der Waals surface area (Å²) in [4.78, 5) is 12.8. The Bertz CT molecular complexity index is 916. The standard InChI is InChI=1S/C21H20FN3O/c22-18-7-4-6-17(12-18)21(10-5-11-21)20(26)23-13-16-14-24-25(15-16)19-8-2-1-3-9-19/h1-4,6-9,12,14-15H,5,10-11,13H2,(H,23,26). The number of hydrogen-bond donors (Lipinski definition) is 1. The molecule has 4 rings (SSSR count). The highest BCUT2D eigenvalue weighted by Crippen LogP contribution is 2.44. The maximum absolute atomic E-state index is 13.6. The summed E-state index contributed by atoms with van der Waals surface area (Å²) in [6, 6.07) is 16.2. The minimum Gasteiger partial charge on any atom is -0.351 e. The average molecular weight is 349 g/mol. The van der Waals surface area contributed by atoms with Crippen LogP contribution in [0.1, 0.15) is 30.4 Å². The first-order chi connectivity index (χ1) is 12.7. The van der Waals surface area contributed by atoms with E-state index in [-0.39, 0.29) is 11.7 Å². The van der Waals surface area contributed by atoms with Gasteiger partial charge in [-0.1, -0.05) is 36.8 Å². The van der Waals surface area contributed by atoms with Crippen molar-refractivity contribution in [2.45, 2.75) is 31.2 Å². The van der Waals surface area contributed by atoms with Crippen LogP contribution in [0, 0.1) is 5.82 Å². The van der Waals surface area contributed by atoms with Gasteiger partial charge in [0, 0.05) is 18.3 Å². The van der Waals surface area contributed by atoms with Crippen molar-refractivity contribution < 1.29 is 9.18 Å². The number of halogens is 1. The van der Waals surface area contributed by atoms with Crippen molar-refractivity contribution in [3.8, 4) is 5.69 Å². The van der Waals surface area contributed by atoms with Gasteiger partial charge in [0.25, 0.3) is 0 Å². The van der Waals surface area contributed by atoms with E-state index in [9.17, 15) is 9.18 Å². The molecular formula is C21H20FN3O. The Hall–Kier alpha value is -2.95. The van der Waals surface area contributed by atoms with Gasteiger partial charge in [-0.15, -0.1) is 0 Å². The van der Waals surface area contributed by atoms with Crippen molar-refractivity contribution in [2.24, 2.45) is 0 Å². The normalized spacial score (nSPS) is 15.3. The lowest BCUT2D eigenvalue weighted by atomic mass is 9.64. The third kappa shape index (κ3) is 3.01. The molecule has 1 aromatic heterocycles. The molecule has 1 saturated carbocycles. The smallest absolute Gasteiger partial charge is 0.230 e. The van der Waals surface area contributed by atoms with Gasteiger partial charge >= 0.3 is 0 Å². The number of nitrogens with zero attached hydrogens (tertiary/aromatic N) is 2. The Balaban J connectivity index is 1.46.